The zero-order chi connectivity index (χ0) is 25.7. The Labute approximate surface area is 212 Å². The number of aromatic nitrogens is 4. The van der Waals surface area contributed by atoms with Gasteiger partial charge in [0.05, 0.1) is 35.9 Å². The van der Waals surface area contributed by atoms with Gasteiger partial charge in [0.2, 0.25) is 0 Å². The van der Waals surface area contributed by atoms with Gasteiger partial charge in [-0.3, -0.25) is 9.36 Å². The molecule has 5 rings (SSSR count). The van der Waals surface area contributed by atoms with E-state index in [1.807, 2.05) is 67.1 Å². The van der Waals surface area contributed by atoms with E-state index >= 15 is 0 Å². The van der Waals surface area contributed by atoms with E-state index in [1.54, 1.807) is 25.1 Å². The van der Waals surface area contributed by atoms with Crippen LogP contribution in [0.1, 0.15) is 36.6 Å². The smallest absolute Gasteiger partial charge is 0.336 e. The molecule has 0 saturated heterocycles. The van der Waals surface area contributed by atoms with Crippen LogP contribution in [0.3, 0.4) is 0 Å². The Morgan fingerprint density at radius 2 is 1.75 bits per heavy atom. The highest BCUT2D eigenvalue weighted by Gasteiger charge is 2.21. The maximum atomic E-state index is 13.7. The van der Waals surface area contributed by atoms with Gasteiger partial charge in [0.25, 0.3) is 5.56 Å². The first-order valence-electron chi connectivity index (χ1n) is 11.8. The Kier molecular flexibility index (Phi) is 5.92. The van der Waals surface area contributed by atoms with Gasteiger partial charge in [-0.1, -0.05) is 32.0 Å². The van der Waals surface area contributed by atoms with Crippen LogP contribution < -0.4 is 16.0 Å². The lowest BCUT2D eigenvalue weighted by atomic mass is 10.0. The van der Waals surface area contributed by atoms with Crippen molar-refractivity contribution in [2.45, 2.75) is 33.6 Å². The maximum absolute atomic E-state index is 13.7. The normalized spacial score (nSPS) is 11.5. The van der Waals surface area contributed by atoms with Crippen LogP contribution in [0.25, 0.3) is 32.0 Å². The number of methoxy groups -OCH3 is 1. The molecule has 184 valence electrons. The summed E-state index contributed by atoms with van der Waals surface area (Å²) in [5.41, 5.74) is 4.62. The highest BCUT2D eigenvalue weighted by Crippen LogP contribution is 2.39. The summed E-state index contributed by atoms with van der Waals surface area (Å²) in [7, 11) is 3.35. The van der Waals surface area contributed by atoms with E-state index in [0.29, 0.717) is 27.6 Å². The van der Waals surface area contributed by atoms with E-state index in [9.17, 15) is 9.59 Å². The predicted octanol–water partition coefficient (Wildman–Crippen LogP) is 5.35. The second-order valence-electron chi connectivity index (χ2n) is 9.27. The van der Waals surface area contributed by atoms with E-state index in [-0.39, 0.29) is 11.2 Å². The molecule has 0 amide bonds. The van der Waals surface area contributed by atoms with Crippen molar-refractivity contribution in [1.29, 1.82) is 0 Å². The van der Waals surface area contributed by atoms with Gasteiger partial charge in [-0.15, -0.1) is 11.3 Å². The molecule has 7 nitrogen and oxygen atoms in total. The minimum atomic E-state index is -0.360. The molecule has 3 aromatic heterocycles. The Balaban J connectivity index is 1.68. The molecule has 8 heteroatoms. The van der Waals surface area contributed by atoms with Gasteiger partial charge >= 0.3 is 5.69 Å². The zero-order valence-electron chi connectivity index (χ0n) is 21.2. The molecule has 0 atom stereocenters. The molecule has 5 aromatic rings. The second-order valence-corrected chi connectivity index (χ2v) is 10.3. The first-order valence-corrected chi connectivity index (χ1v) is 12.6. The summed E-state index contributed by atoms with van der Waals surface area (Å²) in [6.45, 7) is 8.10. The van der Waals surface area contributed by atoms with Crippen molar-refractivity contribution in [1.82, 2.24) is 18.7 Å². The van der Waals surface area contributed by atoms with Gasteiger partial charge in [-0.25, -0.2) is 14.3 Å². The predicted molar refractivity (Wildman–Crippen MR) is 145 cm³/mol. The average molecular weight is 501 g/mol. The fourth-order valence-corrected chi connectivity index (χ4v) is 5.77. The molecule has 2 aromatic carbocycles. The lowest BCUT2D eigenvalue weighted by Crippen LogP contribution is -2.37. The Bertz CT molecular complexity index is 1720. The Morgan fingerprint density at radius 1 is 1.03 bits per heavy atom. The van der Waals surface area contributed by atoms with Crippen LogP contribution >= 0.6 is 11.3 Å². The van der Waals surface area contributed by atoms with Gasteiger partial charge < -0.3 is 9.30 Å². The van der Waals surface area contributed by atoms with E-state index in [4.69, 9.17) is 4.74 Å². The number of ether oxygens (including phenoxy) is 1. The number of rotatable bonds is 5. The maximum Gasteiger partial charge on any atom is 0.336 e. The fourth-order valence-electron chi connectivity index (χ4n) is 4.52. The zero-order valence-corrected chi connectivity index (χ0v) is 22.0. The van der Waals surface area contributed by atoms with Crippen molar-refractivity contribution in [3.8, 4) is 27.6 Å². The number of imidazole rings is 1. The van der Waals surface area contributed by atoms with Crippen molar-refractivity contribution in [3.05, 3.63) is 92.6 Å². The molecule has 3 heterocycles. The van der Waals surface area contributed by atoms with Crippen LogP contribution in [0.15, 0.2) is 64.6 Å². The lowest BCUT2D eigenvalue weighted by molar-refractivity contribution is 0.413. The number of hydrogen-bond acceptors (Lipinski definition) is 5. The van der Waals surface area contributed by atoms with E-state index in [1.165, 1.54) is 15.9 Å². The molecule has 0 bridgehead atoms. The summed E-state index contributed by atoms with van der Waals surface area (Å²) in [4.78, 5) is 32.8. The Hall–Kier alpha value is -3.91. The molecule has 0 spiro atoms. The van der Waals surface area contributed by atoms with Crippen LogP contribution in [0.4, 0.5) is 0 Å². The summed E-state index contributed by atoms with van der Waals surface area (Å²) < 4.78 is 10.4. The van der Waals surface area contributed by atoms with Gasteiger partial charge in [0.1, 0.15) is 10.6 Å². The first-order chi connectivity index (χ1) is 17.2. The molecular formula is C28H28N4O3S. The van der Waals surface area contributed by atoms with Crippen molar-refractivity contribution in [2.24, 2.45) is 7.05 Å². The molecule has 0 saturated carbocycles. The van der Waals surface area contributed by atoms with E-state index < -0.39 is 0 Å². The Morgan fingerprint density at radius 3 is 2.36 bits per heavy atom. The molecule has 0 fully saturated rings. The standard InChI is InChI=1S/C28H28N4O3S/c1-16(2)19-7-10-21(11-8-19)32-26(33)24-18(4)25(36-27(24)30(5)28(32)34)20-9-12-22(23(13-20)35-6)31-14-17(3)29-15-31/h7-16H,1-6H3. The largest absolute Gasteiger partial charge is 0.495 e. The van der Waals surface area contributed by atoms with Crippen LogP contribution in [-0.4, -0.2) is 25.8 Å². The summed E-state index contributed by atoms with van der Waals surface area (Å²) in [5.74, 6) is 1.06. The van der Waals surface area contributed by atoms with Gasteiger partial charge in [-0.05, 0) is 60.7 Å². The van der Waals surface area contributed by atoms with E-state index in [2.05, 4.69) is 18.8 Å². The summed E-state index contributed by atoms with van der Waals surface area (Å²) in [6.07, 6.45) is 3.69. The number of hydrogen-bond donors (Lipinski definition) is 0. The number of thiophene rings is 1. The first kappa shape index (κ1) is 23.8. The number of benzene rings is 2. The summed E-state index contributed by atoms with van der Waals surface area (Å²) in [5, 5.41) is 0.554. The molecule has 36 heavy (non-hydrogen) atoms. The minimum Gasteiger partial charge on any atom is -0.495 e. The number of fused-ring (bicyclic) bond motifs is 1. The highest BCUT2D eigenvalue weighted by molar-refractivity contribution is 7.22. The highest BCUT2D eigenvalue weighted by atomic mass is 32.1. The van der Waals surface area contributed by atoms with E-state index in [0.717, 1.165) is 32.9 Å². The molecule has 0 unspecified atom stereocenters. The van der Waals surface area contributed by atoms with Gasteiger partial charge in [-0.2, -0.15) is 0 Å². The monoisotopic (exact) mass is 500 g/mol. The third kappa shape index (κ3) is 3.78. The quantitative estimate of drug-likeness (QED) is 0.326. The topological polar surface area (TPSA) is 71.0 Å². The number of nitrogens with zero attached hydrogens (tertiary/aromatic N) is 4. The van der Waals surface area contributed by atoms with Crippen molar-refractivity contribution >= 4 is 21.6 Å². The van der Waals surface area contributed by atoms with Crippen molar-refractivity contribution in [2.75, 3.05) is 7.11 Å². The fraction of sp³-hybridized carbons (Fsp3) is 0.250. The molecule has 0 aliphatic rings. The third-order valence-corrected chi connectivity index (χ3v) is 8.00. The van der Waals surface area contributed by atoms with Crippen LogP contribution in [0.2, 0.25) is 0 Å². The third-order valence-electron chi connectivity index (χ3n) is 6.58. The van der Waals surface area contributed by atoms with Gasteiger partial charge in [0.15, 0.2) is 0 Å². The molecule has 0 aliphatic heterocycles. The second kappa shape index (κ2) is 8.95. The molecule has 0 N–H and O–H groups in total. The van der Waals surface area contributed by atoms with Crippen molar-refractivity contribution in [3.63, 3.8) is 0 Å². The van der Waals surface area contributed by atoms with Crippen molar-refractivity contribution < 1.29 is 4.74 Å². The summed E-state index contributed by atoms with van der Waals surface area (Å²) in [6, 6.07) is 13.6. The number of aryl methyl sites for hydroxylation is 3. The average Bonchev–Trinajstić information content (AvgIpc) is 3.46. The molecular weight excluding hydrogens is 472 g/mol. The molecule has 0 radical (unpaired) electrons. The van der Waals surface area contributed by atoms with Crippen LogP contribution in [0.5, 0.6) is 5.75 Å². The minimum absolute atomic E-state index is 0.303. The van der Waals surface area contributed by atoms with Crippen LogP contribution in [-0.2, 0) is 7.05 Å². The summed E-state index contributed by atoms with van der Waals surface area (Å²) >= 11 is 1.44. The SMILES string of the molecule is COc1cc(-c2sc3c(c2C)c(=O)n(-c2ccc(C(C)C)cc2)c(=O)n3C)ccc1-n1cnc(C)c1. The lowest BCUT2D eigenvalue weighted by Gasteiger charge is -2.11. The van der Waals surface area contributed by atoms with Gasteiger partial charge in [0, 0.05) is 18.1 Å². The van der Waals surface area contributed by atoms with Crippen LogP contribution in [0, 0.1) is 13.8 Å². The molecule has 0 aliphatic carbocycles.